The Labute approximate surface area is 257 Å². The number of para-hydroxylation sites is 1. The first kappa shape index (κ1) is 30.3. The minimum Gasteiger partial charge on any atom is -0.507 e. The van der Waals surface area contributed by atoms with Crippen molar-refractivity contribution < 1.29 is 30.9 Å². The largest absolute Gasteiger partial charge is 0.507 e. The monoisotopic (exact) mass is 725 g/mol. The molecule has 0 aliphatic rings. The van der Waals surface area contributed by atoms with Crippen LogP contribution in [0.2, 0.25) is 0 Å². The molecule has 0 aliphatic heterocycles. The zero-order valence-corrected chi connectivity index (χ0v) is 26.9. The molecule has 41 heavy (non-hydrogen) atoms. The van der Waals surface area contributed by atoms with Crippen molar-refractivity contribution in [3.8, 4) is 45.7 Å². The molecule has 3 aromatic carbocycles. The van der Waals surface area contributed by atoms with Gasteiger partial charge in [-0.25, -0.2) is 4.98 Å². The quantitative estimate of drug-likeness (QED) is 0.184. The second kappa shape index (κ2) is 11.7. The summed E-state index contributed by atoms with van der Waals surface area (Å²) in [5, 5.41) is 11.7. The average Bonchev–Trinajstić information content (AvgIpc) is 3.25. The van der Waals surface area contributed by atoms with Gasteiger partial charge in [0.1, 0.15) is 11.6 Å². The van der Waals surface area contributed by atoms with E-state index in [1.165, 1.54) is 0 Å². The van der Waals surface area contributed by atoms with Gasteiger partial charge in [-0.05, 0) is 47.6 Å². The molecule has 0 saturated heterocycles. The summed E-state index contributed by atoms with van der Waals surface area (Å²) in [5.41, 5.74) is 5.84. The van der Waals surface area contributed by atoms with Crippen molar-refractivity contribution in [1.82, 2.24) is 14.5 Å². The summed E-state index contributed by atoms with van der Waals surface area (Å²) < 4.78 is 8.09. The van der Waals surface area contributed by atoms with E-state index in [1.54, 1.807) is 6.20 Å². The number of pyridine rings is 1. The van der Waals surface area contributed by atoms with Crippen LogP contribution >= 0.6 is 0 Å². The summed E-state index contributed by atoms with van der Waals surface area (Å²) in [4.78, 5) is 9.45. The maximum Gasteiger partial charge on any atom is 0.217 e. The third-order valence-corrected chi connectivity index (χ3v) is 7.02. The number of phenols is 1. The van der Waals surface area contributed by atoms with Crippen LogP contribution in [0.3, 0.4) is 0 Å². The molecule has 5 aromatic rings. The summed E-state index contributed by atoms with van der Waals surface area (Å²) in [6.45, 7) is 15.0. The van der Waals surface area contributed by atoms with Gasteiger partial charge >= 0.3 is 0 Å². The van der Waals surface area contributed by atoms with Crippen molar-refractivity contribution in [3.05, 3.63) is 108 Å². The Morgan fingerprint density at radius 2 is 1.54 bits per heavy atom. The predicted octanol–water partition coefficient (Wildman–Crippen LogP) is 8.80. The molecule has 0 spiro atoms. The molecular weight excluding hydrogens is 689 g/mol. The third-order valence-electron chi connectivity index (χ3n) is 7.02. The van der Waals surface area contributed by atoms with E-state index in [9.17, 15) is 5.11 Å². The first-order valence-corrected chi connectivity index (χ1v) is 13.6. The van der Waals surface area contributed by atoms with Crippen molar-refractivity contribution in [3.63, 3.8) is 0 Å². The first-order valence-electron chi connectivity index (χ1n) is 13.6. The topological polar surface area (TPSA) is 60.2 Å². The predicted molar refractivity (Wildman–Crippen MR) is 161 cm³/mol. The van der Waals surface area contributed by atoms with E-state index in [4.69, 9.17) is 9.72 Å². The van der Waals surface area contributed by atoms with E-state index in [1.807, 2.05) is 61.5 Å². The Kier molecular flexibility index (Phi) is 8.61. The molecule has 2 heterocycles. The third kappa shape index (κ3) is 6.31. The van der Waals surface area contributed by atoms with Crippen LogP contribution in [0.5, 0.6) is 17.4 Å². The van der Waals surface area contributed by atoms with Crippen molar-refractivity contribution in [2.45, 2.75) is 59.3 Å². The van der Waals surface area contributed by atoms with Gasteiger partial charge in [-0.15, -0.1) is 23.8 Å². The van der Waals surface area contributed by atoms with Crippen LogP contribution in [0.4, 0.5) is 0 Å². The molecule has 2 aromatic heterocycles. The molecule has 0 fully saturated rings. The maximum atomic E-state index is 11.7. The molecule has 0 amide bonds. The van der Waals surface area contributed by atoms with Crippen LogP contribution in [0, 0.1) is 13.0 Å². The van der Waals surface area contributed by atoms with Gasteiger partial charge in [0.15, 0.2) is 0 Å². The van der Waals surface area contributed by atoms with Crippen LogP contribution in [-0.4, -0.2) is 19.6 Å². The second-order valence-electron chi connectivity index (χ2n) is 12.2. The fourth-order valence-electron chi connectivity index (χ4n) is 4.81. The SMILES string of the molecule is Cc1c(-c2[c-]c(Oc3ccccn3)ccc2)nc(-c2cc(C(C)(C)C)cc(C(C)(C)C)c2O)n1-c1ccccc1.[Pt]. The van der Waals surface area contributed by atoms with Gasteiger partial charge in [-0.1, -0.05) is 77.9 Å². The fourth-order valence-corrected chi connectivity index (χ4v) is 4.81. The molecule has 0 radical (unpaired) electrons. The number of aromatic nitrogens is 3. The second-order valence-corrected chi connectivity index (χ2v) is 12.2. The van der Waals surface area contributed by atoms with Crippen LogP contribution in [0.15, 0.2) is 85.1 Å². The number of rotatable bonds is 5. The zero-order chi connectivity index (χ0) is 28.7. The van der Waals surface area contributed by atoms with Crippen LogP contribution in [-0.2, 0) is 31.9 Å². The molecule has 0 saturated carbocycles. The van der Waals surface area contributed by atoms with Crippen molar-refractivity contribution in [2.75, 3.05) is 0 Å². The Morgan fingerprint density at radius 3 is 2.17 bits per heavy atom. The van der Waals surface area contributed by atoms with Gasteiger partial charge in [0, 0.05) is 61.7 Å². The van der Waals surface area contributed by atoms with Crippen LogP contribution in [0.25, 0.3) is 28.3 Å². The summed E-state index contributed by atoms with van der Waals surface area (Å²) in [6.07, 6.45) is 1.70. The minimum absolute atomic E-state index is 0. The Hall–Kier alpha value is -3.69. The summed E-state index contributed by atoms with van der Waals surface area (Å²) >= 11 is 0. The Bertz CT molecular complexity index is 1650. The standard InChI is InChI=1S/C35H36N3O2.Pt/c1-23-31(24-14-13-17-27(20-24)40-30-18-11-12-19-36-30)37-33(38(23)26-15-9-8-10-16-26)28-21-25(34(2,3)4)22-29(32(28)39)35(5,6)7;/h8-19,21-22,39H,1-7H3;/q-1;. The summed E-state index contributed by atoms with van der Waals surface area (Å²) in [6, 6.07) is 29.0. The number of hydrogen-bond acceptors (Lipinski definition) is 4. The molecule has 0 aliphatic carbocycles. The molecule has 0 bridgehead atoms. The van der Waals surface area contributed by atoms with Gasteiger partial charge in [0.2, 0.25) is 5.88 Å². The number of nitrogens with zero attached hydrogens (tertiary/aromatic N) is 3. The van der Waals surface area contributed by atoms with Gasteiger partial charge in [-0.2, -0.15) is 0 Å². The van der Waals surface area contributed by atoms with Gasteiger partial charge < -0.3 is 14.4 Å². The molecule has 0 atom stereocenters. The van der Waals surface area contributed by atoms with Gasteiger partial charge in [0.25, 0.3) is 0 Å². The molecular formula is C35H36N3O2Pt-. The van der Waals surface area contributed by atoms with E-state index >= 15 is 0 Å². The molecule has 0 unspecified atom stereocenters. The average molecular weight is 726 g/mol. The van der Waals surface area contributed by atoms with E-state index in [0.29, 0.717) is 23.0 Å². The Balaban J connectivity index is 0.00000387. The minimum atomic E-state index is -0.257. The first-order chi connectivity index (χ1) is 18.9. The number of hydrogen-bond donors (Lipinski definition) is 1. The van der Waals surface area contributed by atoms with E-state index < -0.39 is 0 Å². The zero-order valence-electron chi connectivity index (χ0n) is 24.6. The van der Waals surface area contributed by atoms with Crippen molar-refractivity contribution >= 4 is 0 Å². The van der Waals surface area contributed by atoms with Gasteiger partial charge in [0.05, 0.1) is 5.56 Å². The maximum absolute atomic E-state index is 11.7. The van der Waals surface area contributed by atoms with Crippen LogP contribution < -0.4 is 4.74 Å². The number of benzene rings is 3. The smallest absolute Gasteiger partial charge is 0.217 e. The van der Waals surface area contributed by atoms with E-state index in [2.05, 4.69) is 81.4 Å². The van der Waals surface area contributed by atoms with E-state index in [-0.39, 0.29) is 37.6 Å². The van der Waals surface area contributed by atoms with Gasteiger partial charge in [-0.3, -0.25) is 4.98 Å². The Morgan fingerprint density at radius 1 is 0.829 bits per heavy atom. The summed E-state index contributed by atoms with van der Waals surface area (Å²) in [7, 11) is 0. The molecule has 6 heteroatoms. The number of phenolic OH excluding ortho intramolecular Hbond substituents is 1. The summed E-state index contributed by atoms with van der Waals surface area (Å²) in [5.74, 6) is 1.99. The fraction of sp³-hybridized carbons (Fsp3) is 0.257. The molecule has 214 valence electrons. The van der Waals surface area contributed by atoms with Crippen molar-refractivity contribution in [1.29, 1.82) is 0 Å². The van der Waals surface area contributed by atoms with E-state index in [0.717, 1.165) is 33.8 Å². The van der Waals surface area contributed by atoms with Crippen molar-refractivity contribution in [2.24, 2.45) is 0 Å². The normalized spacial score (nSPS) is 11.7. The molecule has 5 rings (SSSR count). The number of imidazole rings is 1. The number of ether oxygens (including phenoxy) is 1. The molecule has 1 N–H and O–H groups in total. The number of aromatic hydroxyl groups is 1. The molecule has 5 nitrogen and oxygen atoms in total. The van der Waals surface area contributed by atoms with Crippen LogP contribution in [0.1, 0.15) is 58.4 Å².